The molecule has 0 N–H and O–H groups in total. The van der Waals surface area contributed by atoms with Crippen LogP contribution in [0.1, 0.15) is 0 Å². The van der Waals surface area contributed by atoms with Gasteiger partial charge in [-0.2, -0.15) is 0 Å². The molecule has 0 saturated heterocycles. The first kappa shape index (κ1) is 64.7. The monoisotopic (exact) mass is 1410 g/mol. The van der Waals surface area contributed by atoms with Gasteiger partial charge in [0.05, 0.1) is 8.07 Å². The van der Waals surface area contributed by atoms with Crippen LogP contribution in [0.15, 0.2) is 400 Å². The number of benzene rings is 16. The SMILES string of the molecule is C[Si](C)(C)c1ccc(-c2cc3c4c(c2)N(c2ccccc2)c2ccc(-c5ccc([Si](c6ccccc6)(c6ccccc6)c6ccc(N7c8cc(N(c9ccccc9)c9ccccc9)ccc8B8c9ccccc9N(c9ccccc9)c9cccc7c98)cc6)cc5)cc2B4c2ccccc2N3c2ccccc2)cc1. The molecule has 4 aliphatic rings. The van der Waals surface area contributed by atoms with Crippen LogP contribution in [0.4, 0.5) is 85.3 Å². The second-order valence-electron chi connectivity index (χ2n) is 29.9. The third-order valence-electron chi connectivity index (χ3n) is 22.9. The van der Waals surface area contributed by atoms with E-state index < -0.39 is 16.1 Å². The number of fused-ring (bicyclic) bond motifs is 8. The molecule has 0 aromatic heterocycles. The lowest BCUT2D eigenvalue weighted by Gasteiger charge is -2.44. The van der Waals surface area contributed by atoms with Crippen molar-refractivity contribution in [1.82, 2.24) is 0 Å². The van der Waals surface area contributed by atoms with E-state index in [1.165, 1.54) is 115 Å². The summed E-state index contributed by atoms with van der Waals surface area (Å²) in [7, 11) is -4.67. The van der Waals surface area contributed by atoms with E-state index >= 15 is 0 Å². The molecule has 9 heteroatoms. The molecule has 0 bridgehead atoms. The van der Waals surface area contributed by atoms with Gasteiger partial charge in [-0.1, -0.05) is 298 Å². The van der Waals surface area contributed by atoms with Gasteiger partial charge in [0.1, 0.15) is 0 Å². The van der Waals surface area contributed by atoms with E-state index in [1.807, 2.05) is 0 Å². The highest BCUT2D eigenvalue weighted by molar-refractivity contribution is 7.20. The molecule has 16 aromatic rings. The first-order valence-electron chi connectivity index (χ1n) is 37.7. The highest BCUT2D eigenvalue weighted by Gasteiger charge is 2.47. The third kappa shape index (κ3) is 10.6. The Morgan fingerprint density at radius 3 is 1.05 bits per heavy atom. The van der Waals surface area contributed by atoms with E-state index in [0.29, 0.717) is 0 Å². The zero-order chi connectivity index (χ0) is 72.0. The van der Waals surface area contributed by atoms with E-state index in [-0.39, 0.29) is 13.4 Å². The molecule has 108 heavy (non-hydrogen) atoms. The summed E-state index contributed by atoms with van der Waals surface area (Å²) in [5.74, 6) is 0. The minimum atomic E-state index is -3.12. The second-order valence-corrected chi connectivity index (χ2v) is 38.8. The Bertz CT molecular complexity index is 5960. The van der Waals surface area contributed by atoms with Gasteiger partial charge in [-0.3, -0.25) is 0 Å². The Balaban J connectivity index is 0.742. The Morgan fingerprint density at radius 1 is 0.213 bits per heavy atom. The summed E-state index contributed by atoms with van der Waals surface area (Å²) in [5.41, 5.74) is 29.7. The molecule has 0 unspecified atom stereocenters. The Kier molecular flexibility index (Phi) is 15.7. The highest BCUT2D eigenvalue weighted by atomic mass is 28.3. The van der Waals surface area contributed by atoms with E-state index in [2.05, 4.69) is 445 Å². The summed E-state index contributed by atoms with van der Waals surface area (Å²) in [6, 6.07) is 151. The zero-order valence-corrected chi connectivity index (χ0v) is 62.5. The van der Waals surface area contributed by atoms with Crippen molar-refractivity contribution < 1.29 is 0 Å². The number of anilines is 15. The topological polar surface area (TPSA) is 16.2 Å². The molecule has 0 saturated carbocycles. The first-order valence-corrected chi connectivity index (χ1v) is 43.2. The number of para-hydroxylation sites is 7. The van der Waals surface area contributed by atoms with Crippen LogP contribution in [-0.4, -0.2) is 29.6 Å². The van der Waals surface area contributed by atoms with Crippen LogP contribution in [-0.2, 0) is 0 Å². The molecule has 0 radical (unpaired) electrons. The summed E-state index contributed by atoms with van der Waals surface area (Å²) >= 11 is 0. The van der Waals surface area contributed by atoms with E-state index in [0.717, 1.165) is 51.2 Å². The van der Waals surface area contributed by atoms with Crippen molar-refractivity contribution in [1.29, 1.82) is 0 Å². The fourth-order valence-electron chi connectivity index (χ4n) is 18.1. The molecule has 4 aliphatic heterocycles. The van der Waals surface area contributed by atoms with Crippen molar-refractivity contribution in [2.45, 2.75) is 19.6 Å². The Hall–Kier alpha value is -12.9. The van der Waals surface area contributed by atoms with Gasteiger partial charge in [0.15, 0.2) is 8.07 Å². The van der Waals surface area contributed by atoms with Gasteiger partial charge in [0, 0.05) is 85.3 Å². The fourth-order valence-corrected chi connectivity index (χ4v) is 23.9. The van der Waals surface area contributed by atoms with Gasteiger partial charge in [0.2, 0.25) is 0 Å². The Labute approximate surface area is 636 Å². The molecular weight excluding hydrogens is 1340 g/mol. The maximum absolute atomic E-state index is 3.12. The standard InChI is InChI=1S/C99H75B2N5Si2/c1-107(2,3)81-58-50-71(51-59-81)73-67-96-99-97(68-73)105(78-38-19-8-20-39-78)92-65-54-72(66-89(92)101(99)87-45-26-28-47-91(87)104(96)77-36-17-7-18-37-77)70-52-60-84(61-53-70)108(82-40-21-9-22-41-82,83-42-23-10-24-43-83)85-62-55-79(56-63-85)106-94-49-29-48-93-98(94)100(86-44-25-27-46-90(86)103(93)76-34-15-6-16-35-76)88-64-57-80(69-95(88)106)102(74-30-11-4-12-31-74)75-32-13-5-14-33-75/h4-69H,1-3H3. The number of nitrogens with zero attached hydrogens (tertiary/aromatic N) is 5. The largest absolute Gasteiger partial charge is 0.311 e. The van der Waals surface area contributed by atoms with Crippen LogP contribution in [0.3, 0.4) is 0 Å². The zero-order valence-electron chi connectivity index (χ0n) is 60.5. The van der Waals surface area contributed by atoms with Crippen LogP contribution in [0.2, 0.25) is 19.6 Å². The summed E-state index contributed by atoms with van der Waals surface area (Å²) in [5, 5.41) is 6.71. The summed E-state index contributed by atoms with van der Waals surface area (Å²) < 4.78 is 0. The summed E-state index contributed by atoms with van der Waals surface area (Å²) in [6.07, 6.45) is 0. The molecular formula is C99H75B2N5Si2. The van der Waals surface area contributed by atoms with Crippen molar-refractivity contribution in [3.63, 3.8) is 0 Å². The molecule has 0 spiro atoms. The molecule has 5 nitrogen and oxygen atoms in total. The van der Waals surface area contributed by atoms with Crippen molar-refractivity contribution in [3.8, 4) is 22.3 Å². The molecule has 16 aromatic carbocycles. The minimum Gasteiger partial charge on any atom is -0.311 e. The normalized spacial score (nSPS) is 13.0. The maximum atomic E-state index is 2.56. The minimum absolute atomic E-state index is 0.0323. The molecule has 20 rings (SSSR count). The molecule has 0 fully saturated rings. The predicted octanol–water partition coefficient (Wildman–Crippen LogP) is 18.6. The average molecular weight is 1410 g/mol. The second kappa shape index (κ2) is 26.3. The first-order chi connectivity index (χ1) is 53.2. The van der Waals surface area contributed by atoms with Crippen LogP contribution < -0.4 is 83.2 Å². The van der Waals surface area contributed by atoms with E-state index in [1.54, 1.807) is 0 Å². The van der Waals surface area contributed by atoms with Gasteiger partial charge in [-0.05, 0) is 203 Å². The van der Waals surface area contributed by atoms with Crippen molar-refractivity contribution >= 4 is 174 Å². The summed E-state index contributed by atoms with van der Waals surface area (Å²) in [4.78, 5) is 12.5. The third-order valence-corrected chi connectivity index (χ3v) is 29.8. The van der Waals surface area contributed by atoms with Gasteiger partial charge in [-0.25, -0.2) is 0 Å². The van der Waals surface area contributed by atoms with Gasteiger partial charge < -0.3 is 24.5 Å². The highest BCUT2D eigenvalue weighted by Crippen LogP contribution is 2.49. The van der Waals surface area contributed by atoms with Crippen LogP contribution in [0.5, 0.6) is 0 Å². The predicted molar refractivity (Wildman–Crippen MR) is 467 cm³/mol. The number of hydrogen-bond donors (Lipinski definition) is 0. The average Bonchev–Trinajstić information content (AvgIpc) is 0.707. The van der Waals surface area contributed by atoms with E-state index in [4.69, 9.17) is 0 Å². The lowest BCUT2D eigenvalue weighted by Crippen LogP contribution is -2.74. The number of rotatable bonds is 14. The van der Waals surface area contributed by atoms with Crippen LogP contribution >= 0.6 is 0 Å². The maximum Gasteiger partial charge on any atom is 0.252 e. The van der Waals surface area contributed by atoms with E-state index in [9.17, 15) is 0 Å². The van der Waals surface area contributed by atoms with Crippen molar-refractivity contribution in [3.05, 3.63) is 400 Å². The lowest BCUT2D eigenvalue weighted by atomic mass is 9.33. The molecule has 0 aliphatic carbocycles. The molecule has 510 valence electrons. The van der Waals surface area contributed by atoms with Crippen molar-refractivity contribution in [2.75, 3.05) is 24.5 Å². The Morgan fingerprint density at radius 2 is 0.556 bits per heavy atom. The smallest absolute Gasteiger partial charge is 0.252 e. The van der Waals surface area contributed by atoms with Gasteiger partial charge >= 0.3 is 0 Å². The molecule has 0 amide bonds. The van der Waals surface area contributed by atoms with Gasteiger partial charge in [0.25, 0.3) is 13.4 Å². The molecule has 4 heterocycles. The quantitative estimate of drug-likeness (QED) is 0.0794. The van der Waals surface area contributed by atoms with Crippen molar-refractivity contribution in [2.24, 2.45) is 0 Å². The summed E-state index contributed by atoms with van der Waals surface area (Å²) in [6.45, 7) is 7.20. The van der Waals surface area contributed by atoms with Crippen LogP contribution in [0.25, 0.3) is 22.3 Å². The molecule has 0 atom stereocenters. The fraction of sp³-hybridized carbons (Fsp3) is 0.0303. The number of hydrogen-bond acceptors (Lipinski definition) is 5. The van der Waals surface area contributed by atoms with Gasteiger partial charge in [-0.15, -0.1) is 0 Å². The van der Waals surface area contributed by atoms with Crippen LogP contribution in [0, 0.1) is 0 Å². The lowest BCUT2D eigenvalue weighted by molar-refractivity contribution is 1.24.